The van der Waals surface area contributed by atoms with Crippen molar-refractivity contribution in [3.8, 4) is 5.75 Å². The summed E-state index contributed by atoms with van der Waals surface area (Å²) in [6.07, 6.45) is 0.209. The standard InChI is InChI=1S/C23H29ClN2O2/c1-5-21(28-22-9-6-16(2)14-18(22)4)23(27)26-12-10-25(11-13-26)20-15-19(24)8-7-17(20)3/h6-9,14-15,21H,5,10-13H2,1-4H3/t21-/m1/s1. The Morgan fingerprint density at radius 1 is 1.04 bits per heavy atom. The van der Waals surface area contributed by atoms with Gasteiger partial charge in [-0.2, -0.15) is 0 Å². The maximum absolute atomic E-state index is 13.0. The number of aryl methyl sites for hydroxylation is 3. The third-order valence-corrected chi connectivity index (χ3v) is 5.58. The number of piperazine rings is 1. The highest BCUT2D eigenvalue weighted by atomic mass is 35.5. The second kappa shape index (κ2) is 8.87. The fourth-order valence-electron chi connectivity index (χ4n) is 3.69. The number of hydrogen-bond acceptors (Lipinski definition) is 3. The van der Waals surface area contributed by atoms with Crippen LogP contribution in [-0.4, -0.2) is 43.1 Å². The van der Waals surface area contributed by atoms with Gasteiger partial charge in [0.1, 0.15) is 5.75 Å². The highest BCUT2D eigenvalue weighted by molar-refractivity contribution is 6.30. The van der Waals surface area contributed by atoms with E-state index in [0.29, 0.717) is 19.5 Å². The molecule has 0 N–H and O–H groups in total. The number of hydrogen-bond donors (Lipinski definition) is 0. The molecule has 0 saturated carbocycles. The fourth-order valence-corrected chi connectivity index (χ4v) is 3.85. The summed E-state index contributed by atoms with van der Waals surface area (Å²) in [6.45, 7) is 11.1. The largest absolute Gasteiger partial charge is 0.480 e. The highest BCUT2D eigenvalue weighted by Crippen LogP contribution is 2.26. The van der Waals surface area contributed by atoms with Crippen molar-refractivity contribution < 1.29 is 9.53 Å². The minimum Gasteiger partial charge on any atom is -0.480 e. The predicted octanol–water partition coefficient (Wildman–Crippen LogP) is 4.77. The molecule has 0 aliphatic carbocycles. The monoisotopic (exact) mass is 400 g/mol. The first kappa shape index (κ1) is 20.5. The lowest BCUT2D eigenvalue weighted by atomic mass is 10.1. The Kier molecular flexibility index (Phi) is 6.50. The average molecular weight is 401 g/mol. The Bertz CT molecular complexity index is 844. The van der Waals surface area contributed by atoms with Crippen LogP contribution in [0.5, 0.6) is 5.75 Å². The number of benzene rings is 2. The van der Waals surface area contributed by atoms with E-state index >= 15 is 0 Å². The van der Waals surface area contributed by atoms with E-state index in [1.54, 1.807) is 0 Å². The maximum atomic E-state index is 13.0. The number of halogens is 1. The predicted molar refractivity (Wildman–Crippen MR) is 116 cm³/mol. The molecule has 1 heterocycles. The molecule has 28 heavy (non-hydrogen) atoms. The van der Waals surface area contributed by atoms with E-state index in [1.165, 1.54) is 11.1 Å². The number of carbonyl (C=O) groups excluding carboxylic acids is 1. The van der Waals surface area contributed by atoms with Gasteiger partial charge in [0.15, 0.2) is 6.10 Å². The first-order chi connectivity index (χ1) is 13.4. The van der Waals surface area contributed by atoms with Gasteiger partial charge in [-0.25, -0.2) is 0 Å². The Labute approximate surface area is 173 Å². The molecular weight excluding hydrogens is 372 g/mol. The Morgan fingerprint density at radius 3 is 2.39 bits per heavy atom. The van der Waals surface area contributed by atoms with E-state index in [-0.39, 0.29) is 5.91 Å². The minimum atomic E-state index is -0.444. The van der Waals surface area contributed by atoms with Crippen LogP contribution in [0.3, 0.4) is 0 Å². The SMILES string of the molecule is CC[C@@H](Oc1ccc(C)cc1C)C(=O)N1CCN(c2cc(Cl)ccc2C)CC1. The number of ether oxygens (including phenoxy) is 1. The van der Waals surface area contributed by atoms with E-state index < -0.39 is 6.10 Å². The van der Waals surface area contributed by atoms with E-state index in [4.69, 9.17) is 16.3 Å². The van der Waals surface area contributed by atoms with Crippen LogP contribution >= 0.6 is 11.6 Å². The Balaban J connectivity index is 1.64. The van der Waals surface area contributed by atoms with Crippen LogP contribution in [0.15, 0.2) is 36.4 Å². The number of rotatable bonds is 5. The van der Waals surface area contributed by atoms with Crippen LogP contribution < -0.4 is 9.64 Å². The van der Waals surface area contributed by atoms with Gasteiger partial charge >= 0.3 is 0 Å². The van der Waals surface area contributed by atoms with Crippen LogP contribution in [0.25, 0.3) is 0 Å². The quantitative estimate of drug-likeness (QED) is 0.724. The van der Waals surface area contributed by atoms with Gasteiger partial charge in [0, 0.05) is 36.9 Å². The summed E-state index contributed by atoms with van der Waals surface area (Å²) in [5.41, 5.74) is 4.61. The summed E-state index contributed by atoms with van der Waals surface area (Å²) in [7, 11) is 0. The molecule has 0 unspecified atom stereocenters. The lowest BCUT2D eigenvalue weighted by molar-refractivity contribution is -0.139. The maximum Gasteiger partial charge on any atom is 0.263 e. The molecule has 4 nitrogen and oxygen atoms in total. The zero-order valence-electron chi connectivity index (χ0n) is 17.2. The summed E-state index contributed by atoms with van der Waals surface area (Å²) in [5.74, 6) is 0.865. The molecule has 5 heteroatoms. The molecule has 150 valence electrons. The molecule has 3 rings (SSSR count). The number of amides is 1. The summed E-state index contributed by atoms with van der Waals surface area (Å²) in [4.78, 5) is 17.3. The molecule has 0 radical (unpaired) electrons. The van der Waals surface area contributed by atoms with Crippen LogP contribution in [0.1, 0.15) is 30.0 Å². The topological polar surface area (TPSA) is 32.8 Å². The molecule has 1 fully saturated rings. The summed E-state index contributed by atoms with van der Waals surface area (Å²) in [5, 5.41) is 0.743. The third-order valence-electron chi connectivity index (χ3n) is 5.35. The van der Waals surface area contributed by atoms with E-state index in [2.05, 4.69) is 24.8 Å². The van der Waals surface area contributed by atoms with E-state index in [0.717, 1.165) is 35.1 Å². The van der Waals surface area contributed by atoms with Crippen molar-refractivity contribution in [2.24, 2.45) is 0 Å². The van der Waals surface area contributed by atoms with Gasteiger partial charge in [0.2, 0.25) is 0 Å². The van der Waals surface area contributed by atoms with E-state index in [9.17, 15) is 4.79 Å². The molecule has 1 aliphatic rings. The molecule has 1 atom stereocenters. The normalized spacial score (nSPS) is 15.5. The lowest BCUT2D eigenvalue weighted by Crippen LogP contribution is -2.52. The first-order valence-electron chi connectivity index (χ1n) is 9.93. The minimum absolute atomic E-state index is 0.0740. The Morgan fingerprint density at radius 2 is 1.75 bits per heavy atom. The van der Waals surface area contributed by atoms with Gasteiger partial charge in [0.05, 0.1) is 0 Å². The molecule has 2 aromatic rings. The molecular formula is C23H29ClN2O2. The van der Waals surface area contributed by atoms with Crippen LogP contribution in [-0.2, 0) is 4.79 Å². The number of carbonyl (C=O) groups is 1. The molecule has 0 aromatic heterocycles. The molecule has 0 spiro atoms. The van der Waals surface area contributed by atoms with Crippen LogP contribution in [0.4, 0.5) is 5.69 Å². The second-order valence-corrected chi connectivity index (χ2v) is 7.96. The van der Waals surface area contributed by atoms with Crippen molar-refractivity contribution in [2.75, 3.05) is 31.1 Å². The number of anilines is 1. The first-order valence-corrected chi connectivity index (χ1v) is 10.3. The molecule has 1 aliphatic heterocycles. The Hall–Kier alpha value is -2.20. The third kappa shape index (κ3) is 4.61. The smallest absolute Gasteiger partial charge is 0.263 e. The zero-order valence-corrected chi connectivity index (χ0v) is 17.9. The van der Waals surface area contributed by atoms with Crippen molar-refractivity contribution in [1.29, 1.82) is 0 Å². The second-order valence-electron chi connectivity index (χ2n) is 7.53. The zero-order chi connectivity index (χ0) is 20.3. The van der Waals surface area contributed by atoms with Gasteiger partial charge in [-0.1, -0.05) is 42.3 Å². The van der Waals surface area contributed by atoms with Crippen LogP contribution in [0, 0.1) is 20.8 Å². The fraction of sp³-hybridized carbons (Fsp3) is 0.435. The van der Waals surface area contributed by atoms with Crippen molar-refractivity contribution >= 4 is 23.2 Å². The van der Waals surface area contributed by atoms with Crippen LogP contribution in [0.2, 0.25) is 5.02 Å². The molecule has 1 saturated heterocycles. The number of nitrogens with zero attached hydrogens (tertiary/aromatic N) is 2. The van der Waals surface area contributed by atoms with Crippen molar-refractivity contribution in [3.05, 3.63) is 58.1 Å². The van der Waals surface area contributed by atoms with Gasteiger partial charge < -0.3 is 14.5 Å². The van der Waals surface area contributed by atoms with Gasteiger partial charge in [-0.15, -0.1) is 0 Å². The summed E-state index contributed by atoms with van der Waals surface area (Å²) in [6, 6.07) is 12.0. The van der Waals surface area contributed by atoms with Gasteiger partial charge in [0.25, 0.3) is 5.91 Å². The van der Waals surface area contributed by atoms with Gasteiger partial charge in [-0.3, -0.25) is 4.79 Å². The molecule has 1 amide bonds. The molecule has 2 aromatic carbocycles. The van der Waals surface area contributed by atoms with E-state index in [1.807, 2.05) is 49.1 Å². The highest BCUT2D eigenvalue weighted by Gasteiger charge is 2.28. The van der Waals surface area contributed by atoms with Gasteiger partial charge in [-0.05, 0) is 56.5 Å². The van der Waals surface area contributed by atoms with Crippen molar-refractivity contribution in [3.63, 3.8) is 0 Å². The lowest BCUT2D eigenvalue weighted by Gasteiger charge is -2.38. The van der Waals surface area contributed by atoms with Crippen molar-refractivity contribution in [1.82, 2.24) is 4.90 Å². The molecule has 0 bridgehead atoms. The average Bonchev–Trinajstić information content (AvgIpc) is 2.69. The summed E-state index contributed by atoms with van der Waals surface area (Å²) < 4.78 is 6.09. The van der Waals surface area contributed by atoms with Crippen molar-refractivity contribution in [2.45, 2.75) is 40.2 Å². The summed E-state index contributed by atoms with van der Waals surface area (Å²) >= 11 is 6.17.